The lowest BCUT2D eigenvalue weighted by Crippen LogP contribution is -2.49. The van der Waals surface area contributed by atoms with Crippen molar-refractivity contribution in [1.82, 2.24) is 10.2 Å². The van der Waals surface area contributed by atoms with Crippen LogP contribution in [0.4, 0.5) is 0 Å². The van der Waals surface area contributed by atoms with E-state index in [1.807, 2.05) is 25.1 Å². The lowest BCUT2D eigenvalue weighted by atomic mass is 10.1. The highest BCUT2D eigenvalue weighted by atomic mass is 35.5. The molecular formula is C23H28Cl2N2O3. The first kappa shape index (κ1) is 24.0. The van der Waals surface area contributed by atoms with Crippen LogP contribution in [0.5, 0.6) is 5.75 Å². The van der Waals surface area contributed by atoms with Gasteiger partial charge in [-0.1, -0.05) is 54.7 Å². The largest absolute Gasteiger partial charge is 0.484 e. The zero-order valence-corrected chi connectivity index (χ0v) is 19.1. The van der Waals surface area contributed by atoms with E-state index in [4.69, 9.17) is 27.9 Å². The van der Waals surface area contributed by atoms with Crippen LogP contribution in [0.1, 0.15) is 37.8 Å². The molecule has 0 bridgehead atoms. The van der Waals surface area contributed by atoms with E-state index >= 15 is 0 Å². The van der Waals surface area contributed by atoms with Gasteiger partial charge in [-0.25, -0.2) is 0 Å². The zero-order valence-electron chi connectivity index (χ0n) is 17.6. The van der Waals surface area contributed by atoms with Crippen LogP contribution in [-0.4, -0.2) is 35.9 Å². The quantitative estimate of drug-likeness (QED) is 0.517. The standard InChI is InChI=1S/C23H28Cl2N2O3/c1-4-5-12-26-23(29)17(3)27(14-18-8-6-7-9-21(18)25)22(28)15-30-19-10-11-20(24)16(2)13-19/h6-11,13,17H,4-5,12,14-15H2,1-3H3,(H,26,29). The highest BCUT2D eigenvalue weighted by molar-refractivity contribution is 6.31. The molecule has 0 aliphatic heterocycles. The summed E-state index contributed by atoms with van der Waals surface area (Å²) in [7, 11) is 0. The molecule has 0 radical (unpaired) electrons. The zero-order chi connectivity index (χ0) is 22.1. The van der Waals surface area contributed by atoms with Crippen molar-refractivity contribution in [1.29, 1.82) is 0 Å². The van der Waals surface area contributed by atoms with Crippen molar-refractivity contribution < 1.29 is 14.3 Å². The molecule has 0 aliphatic rings. The summed E-state index contributed by atoms with van der Waals surface area (Å²) in [5.74, 6) is 0.0369. The minimum absolute atomic E-state index is 0.196. The van der Waals surface area contributed by atoms with Gasteiger partial charge in [-0.3, -0.25) is 9.59 Å². The molecule has 0 saturated heterocycles. The second-order valence-electron chi connectivity index (χ2n) is 7.13. The van der Waals surface area contributed by atoms with E-state index in [0.717, 1.165) is 24.0 Å². The molecular weight excluding hydrogens is 423 g/mol. The molecule has 1 N–H and O–H groups in total. The maximum atomic E-state index is 13.0. The third-order valence-corrected chi connectivity index (χ3v) is 5.58. The number of hydrogen-bond donors (Lipinski definition) is 1. The predicted molar refractivity (Wildman–Crippen MR) is 121 cm³/mol. The molecule has 0 aliphatic carbocycles. The van der Waals surface area contributed by atoms with E-state index in [0.29, 0.717) is 22.3 Å². The highest BCUT2D eigenvalue weighted by Gasteiger charge is 2.27. The molecule has 2 aromatic rings. The second-order valence-corrected chi connectivity index (χ2v) is 7.95. The van der Waals surface area contributed by atoms with Crippen LogP contribution in [-0.2, 0) is 16.1 Å². The molecule has 2 aromatic carbocycles. The monoisotopic (exact) mass is 450 g/mol. The smallest absolute Gasteiger partial charge is 0.261 e. The Labute approximate surface area is 188 Å². The molecule has 2 rings (SSSR count). The first-order valence-corrected chi connectivity index (χ1v) is 10.8. The van der Waals surface area contributed by atoms with Crippen LogP contribution in [0.2, 0.25) is 10.0 Å². The van der Waals surface area contributed by atoms with Gasteiger partial charge < -0.3 is 15.0 Å². The average Bonchev–Trinajstić information content (AvgIpc) is 2.73. The summed E-state index contributed by atoms with van der Waals surface area (Å²) >= 11 is 12.3. The molecule has 0 saturated carbocycles. The van der Waals surface area contributed by atoms with Gasteiger partial charge >= 0.3 is 0 Å². The number of unbranched alkanes of at least 4 members (excludes halogenated alkanes) is 1. The van der Waals surface area contributed by atoms with Crippen LogP contribution >= 0.6 is 23.2 Å². The van der Waals surface area contributed by atoms with E-state index < -0.39 is 6.04 Å². The maximum absolute atomic E-state index is 13.0. The Morgan fingerprint density at radius 3 is 2.53 bits per heavy atom. The van der Waals surface area contributed by atoms with Gasteiger partial charge in [0.05, 0.1) is 0 Å². The number of amides is 2. The number of rotatable bonds is 10. The third kappa shape index (κ3) is 6.92. The number of nitrogens with one attached hydrogen (secondary N) is 1. The average molecular weight is 451 g/mol. The molecule has 0 spiro atoms. The number of benzene rings is 2. The van der Waals surface area contributed by atoms with Crippen LogP contribution in [0.3, 0.4) is 0 Å². The number of nitrogens with zero attached hydrogens (tertiary/aromatic N) is 1. The minimum atomic E-state index is -0.666. The van der Waals surface area contributed by atoms with Crippen molar-refractivity contribution in [3.05, 3.63) is 63.6 Å². The maximum Gasteiger partial charge on any atom is 0.261 e. The first-order chi connectivity index (χ1) is 14.3. The van der Waals surface area contributed by atoms with Gasteiger partial charge in [0.1, 0.15) is 11.8 Å². The Morgan fingerprint density at radius 1 is 1.13 bits per heavy atom. The summed E-state index contributed by atoms with van der Waals surface area (Å²) in [6.45, 7) is 6.22. The molecule has 0 fully saturated rings. The van der Waals surface area contributed by atoms with Crippen molar-refractivity contribution in [2.45, 2.75) is 46.2 Å². The summed E-state index contributed by atoms with van der Waals surface area (Å²) in [5.41, 5.74) is 1.63. The van der Waals surface area contributed by atoms with Crippen LogP contribution in [0.15, 0.2) is 42.5 Å². The molecule has 2 amide bonds. The topological polar surface area (TPSA) is 58.6 Å². The molecule has 5 nitrogen and oxygen atoms in total. The number of halogens is 2. The van der Waals surface area contributed by atoms with Gasteiger partial charge in [-0.15, -0.1) is 0 Å². The molecule has 0 aromatic heterocycles. The van der Waals surface area contributed by atoms with E-state index in [1.54, 1.807) is 31.2 Å². The van der Waals surface area contributed by atoms with Gasteiger partial charge in [0.25, 0.3) is 5.91 Å². The number of aryl methyl sites for hydroxylation is 1. The van der Waals surface area contributed by atoms with Crippen LogP contribution in [0, 0.1) is 6.92 Å². The van der Waals surface area contributed by atoms with Crippen molar-refractivity contribution in [3.8, 4) is 5.75 Å². The summed E-state index contributed by atoms with van der Waals surface area (Å²) < 4.78 is 5.67. The Bertz CT molecular complexity index is 873. The summed E-state index contributed by atoms with van der Waals surface area (Å²) in [5, 5.41) is 4.06. The number of hydrogen-bond acceptors (Lipinski definition) is 3. The van der Waals surface area contributed by atoms with E-state index in [9.17, 15) is 9.59 Å². The van der Waals surface area contributed by atoms with Crippen LogP contribution < -0.4 is 10.1 Å². The Balaban J connectivity index is 2.14. The summed E-state index contributed by atoms with van der Waals surface area (Å²) in [4.78, 5) is 27.1. The lowest BCUT2D eigenvalue weighted by molar-refractivity contribution is -0.142. The van der Waals surface area contributed by atoms with Crippen LogP contribution in [0.25, 0.3) is 0 Å². The fourth-order valence-corrected chi connectivity index (χ4v) is 3.18. The van der Waals surface area contributed by atoms with Gasteiger partial charge in [0.15, 0.2) is 6.61 Å². The molecule has 0 heterocycles. The number of carbonyl (C=O) groups excluding carboxylic acids is 2. The van der Waals surface area contributed by atoms with E-state index in [2.05, 4.69) is 12.2 Å². The molecule has 162 valence electrons. The van der Waals surface area contributed by atoms with Crippen molar-refractivity contribution in [2.24, 2.45) is 0 Å². The summed E-state index contributed by atoms with van der Waals surface area (Å²) in [6, 6.07) is 11.8. The number of carbonyl (C=O) groups is 2. The van der Waals surface area contributed by atoms with E-state index in [1.165, 1.54) is 4.90 Å². The van der Waals surface area contributed by atoms with E-state index in [-0.39, 0.29) is 25.0 Å². The SMILES string of the molecule is CCCCNC(=O)C(C)N(Cc1ccccc1Cl)C(=O)COc1ccc(Cl)c(C)c1. The van der Waals surface area contributed by atoms with Crippen molar-refractivity contribution in [2.75, 3.05) is 13.2 Å². The van der Waals surface area contributed by atoms with Gasteiger partial charge in [0.2, 0.25) is 5.91 Å². The molecule has 7 heteroatoms. The Kier molecular flexibility index (Phi) is 9.47. The van der Waals surface area contributed by atoms with Gasteiger partial charge in [0, 0.05) is 23.1 Å². The predicted octanol–water partition coefficient (Wildman–Crippen LogP) is 5.01. The third-order valence-electron chi connectivity index (χ3n) is 4.79. The summed E-state index contributed by atoms with van der Waals surface area (Å²) in [6.07, 6.45) is 1.86. The fraction of sp³-hybridized carbons (Fsp3) is 0.391. The molecule has 1 unspecified atom stereocenters. The van der Waals surface area contributed by atoms with Gasteiger partial charge in [-0.05, 0) is 55.7 Å². The first-order valence-electron chi connectivity index (χ1n) is 10.0. The second kappa shape index (κ2) is 11.8. The Hall–Kier alpha value is -2.24. The normalized spacial score (nSPS) is 11.6. The van der Waals surface area contributed by atoms with Gasteiger partial charge in [-0.2, -0.15) is 0 Å². The highest BCUT2D eigenvalue weighted by Crippen LogP contribution is 2.22. The van der Waals surface area contributed by atoms with Crippen molar-refractivity contribution >= 4 is 35.0 Å². The van der Waals surface area contributed by atoms with Crippen molar-refractivity contribution in [3.63, 3.8) is 0 Å². The lowest BCUT2D eigenvalue weighted by Gasteiger charge is -2.29. The fourth-order valence-electron chi connectivity index (χ4n) is 2.86. The Morgan fingerprint density at radius 2 is 1.87 bits per heavy atom. The number of ether oxygens (including phenoxy) is 1. The molecule has 30 heavy (non-hydrogen) atoms. The minimum Gasteiger partial charge on any atom is -0.484 e. The molecule has 1 atom stereocenters.